The summed E-state index contributed by atoms with van der Waals surface area (Å²) in [5, 5.41) is 0. The third-order valence-corrected chi connectivity index (χ3v) is 2.49. The van der Waals surface area contributed by atoms with Gasteiger partial charge in [0.1, 0.15) is 0 Å². The van der Waals surface area contributed by atoms with E-state index in [1.165, 1.54) is 5.56 Å². The first-order valence-electron chi connectivity index (χ1n) is 5.13. The lowest BCUT2D eigenvalue weighted by Crippen LogP contribution is -2.37. The van der Waals surface area contributed by atoms with Gasteiger partial charge in [-0.1, -0.05) is 30.3 Å². The highest BCUT2D eigenvalue weighted by Crippen LogP contribution is 2.04. The van der Waals surface area contributed by atoms with E-state index in [1.54, 1.807) is 0 Å². The molecule has 75 valence electrons. The van der Waals surface area contributed by atoms with E-state index >= 15 is 0 Å². The first kappa shape index (κ1) is 9.69. The lowest BCUT2D eigenvalue weighted by molar-refractivity contribution is 0.0421. The zero-order chi connectivity index (χ0) is 9.64. The van der Waals surface area contributed by atoms with E-state index in [2.05, 4.69) is 35.6 Å². The number of nitrogens with zero attached hydrogens (tertiary/aromatic N) is 1. The molecule has 0 aromatic heterocycles. The Morgan fingerprint density at radius 1 is 1.14 bits per heavy atom. The summed E-state index contributed by atoms with van der Waals surface area (Å²) < 4.78 is 5.30. The molecular weight excluding hydrogens is 174 g/mol. The minimum absolute atomic E-state index is 0.878. The second kappa shape index (κ2) is 5.13. The van der Waals surface area contributed by atoms with Crippen LogP contribution in [-0.4, -0.2) is 37.7 Å². The van der Waals surface area contributed by atoms with Crippen LogP contribution < -0.4 is 0 Å². The molecule has 1 fully saturated rings. The molecule has 1 aliphatic rings. The lowest BCUT2D eigenvalue weighted by Gasteiger charge is -2.26. The molecule has 0 N–H and O–H groups in total. The van der Waals surface area contributed by atoms with Crippen LogP contribution in [0.3, 0.4) is 0 Å². The van der Waals surface area contributed by atoms with E-state index in [9.17, 15) is 0 Å². The summed E-state index contributed by atoms with van der Waals surface area (Å²) in [4.78, 5) is 2.41. The molecule has 0 aliphatic carbocycles. The summed E-state index contributed by atoms with van der Waals surface area (Å²) in [6.07, 6.45) is 2.27. The third kappa shape index (κ3) is 2.82. The maximum atomic E-state index is 5.30. The molecule has 1 aromatic rings. The van der Waals surface area contributed by atoms with Gasteiger partial charge in [0.2, 0.25) is 0 Å². The van der Waals surface area contributed by atoms with Gasteiger partial charge < -0.3 is 4.74 Å². The Morgan fingerprint density at radius 3 is 2.57 bits per heavy atom. The predicted octanol–water partition coefficient (Wildman–Crippen LogP) is 1.57. The molecule has 0 atom stereocenters. The Labute approximate surface area is 85.5 Å². The van der Waals surface area contributed by atoms with Crippen molar-refractivity contribution >= 4 is 0 Å². The van der Waals surface area contributed by atoms with E-state index in [-0.39, 0.29) is 0 Å². The summed E-state index contributed by atoms with van der Waals surface area (Å²) in [5.74, 6) is 0. The Morgan fingerprint density at radius 2 is 1.86 bits per heavy atom. The van der Waals surface area contributed by atoms with Gasteiger partial charge in [-0.2, -0.15) is 0 Å². The molecule has 1 saturated heterocycles. The Bertz CT molecular complexity index is 254. The summed E-state index contributed by atoms with van der Waals surface area (Å²) in [6, 6.07) is 10.5. The fourth-order valence-electron chi connectivity index (χ4n) is 1.61. The van der Waals surface area contributed by atoms with Crippen LogP contribution in [0.5, 0.6) is 0 Å². The normalized spacial score (nSPS) is 18.3. The van der Waals surface area contributed by atoms with Gasteiger partial charge in [0, 0.05) is 26.1 Å². The van der Waals surface area contributed by atoms with E-state index in [4.69, 9.17) is 4.74 Å². The van der Waals surface area contributed by atoms with Crippen LogP contribution in [0, 0.1) is 6.42 Å². The number of rotatable bonds is 3. The average Bonchev–Trinajstić information content (AvgIpc) is 2.29. The molecule has 2 nitrogen and oxygen atoms in total. The van der Waals surface area contributed by atoms with E-state index in [1.807, 2.05) is 6.07 Å². The smallest absolute Gasteiger partial charge is 0.0594 e. The lowest BCUT2D eigenvalue weighted by atomic mass is 10.1. The van der Waals surface area contributed by atoms with Gasteiger partial charge in [-0.3, -0.25) is 4.90 Å². The highest BCUT2D eigenvalue weighted by Gasteiger charge is 2.09. The number of benzene rings is 1. The van der Waals surface area contributed by atoms with Crippen molar-refractivity contribution < 1.29 is 4.74 Å². The van der Waals surface area contributed by atoms with Gasteiger partial charge in [0.25, 0.3) is 0 Å². The highest BCUT2D eigenvalue weighted by molar-refractivity contribution is 5.22. The van der Waals surface area contributed by atoms with Crippen LogP contribution in [-0.2, 0) is 4.74 Å². The molecule has 1 radical (unpaired) electrons. The standard InChI is InChI=1S/C12H16NO/c1-2-4-12(5-3-1)6-7-13-8-10-14-11-9-13/h1-6H,7-11H2. The van der Waals surface area contributed by atoms with Gasteiger partial charge in [-0.05, 0) is 5.56 Å². The van der Waals surface area contributed by atoms with Crippen molar-refractivity contribution in [2.45, 2.75) is 0 Å². The number of hydrogen-bond acceptors (Lipinski definition) is 2. The Hall–Kier alpha value is -0.860. The van der Waals surface area contributed by atoms with Crippen molar-refractivity contribution in [1.82, 2.24) is 4.90 Å². The van der Waals surface area contributed by atoms with Gasteiger partial charge in [0.05, 0.1) is 13.2 Å². The molecular formula is C12H16NO. The van der Waals surface area contributed by atoms with Crippen molar-refractivity contribution in [2.75, 3.05) is 32.8 Å². The van der Waals surface area contributed by atoms with Crippen molar-refractivity contribution in [3.63, 3.8) is 0 Å². The molecule has 0 bridgehead atoms. The van der Waals surface area contributed by atoms with Crippen molar-refractivity contribution in [3.8, 4) is 0 Å². The average molecular weight is 190 g/mol. The van der Waals surface area contributed by atoms with Crippen LogP contribution in [0.4, 0.5) is 0 Å². The maximum Gasteiger partial charge on any atom is 0.0594 e. The number of morpholine rings is 1. The SMILES string of the molecule is [CH](CN1CCOCC1)c1ccccc1. The topological polar surface area (TPSA) is 12.5 Å². The highest BCUT2D eigenvalue weighted by atomic mass is 16.5. The van der Waals surface area contributed by atoms with E-state index in [0.717, 1.165) is 32.8 Å². The maximum absolute atomic E-state index is 5.30. The van der Waals surface area contributed by atoms with E-state index in [0.29, 0.717) is 0 Å². The second-order valence-electron chi connectivity index (χ2n) is 3.53. The molecule has 0 spiro atoms. The van der Waals surface area contributed by atoms with Gasteiger partial charge in [-0.15, -0.1) is 0 Å². The predicted molar refractivity (Wildman–Crippen MR) is 57.1 cm³/mol. The fourth-order valence-corrected chi connectivity index (χ4v) is 1.61. The molecule has 2 heteroatoms. The van der Waals surface area contributed by atoms with Gasteiger partial charge >= 0.3 is 0 Å². The number of ether oxygens (including phenoxy) is 1. The molecule has 1 aliphatic heterocycles. The molecule has 14 heavy (non-hydrogen) atoms. The molecule has 1 heterocycles. The molecule has 0 unspecified atom stereocenters. The first-order chi connectivity index (χ1) is 6.95. The number of hydrogen-bond donors (Lipinski definition) is 0. The quantitative estimate of drug-likeness (QED) is 0.717. The zero-order valence-corrected chi connectivity index (χ0v) is 8.36. The van der Waals surface area contributed by atoms with Crippen molar-refractivity contribution in [3.05, 3.63) is 42.3 Å². The second-order valence-corrected chi connectivity index (χ2v) is 3.53. The monoisotopic (exact) mass is 190 g/mol. The Kier molecular flexibility index (Phi) is 3.55. The molecule has 0 amide bonds. The molecule has 0 saturated carbocycles. The van der Waals surface area contributed by atoms with Crippen LogP contribution in [0.25, 0.3) is 0 Å². The van der Waals surface area contributed by atoms with Crippen LogP contribution in [0.15, 0.2) is 30.3 Å². The van der Waals surface area contributed by atoms with Crippen LogP contribution >= 0.6 is 0 Å². The van der Waals surface area contributed by atoms with Crippen molar-refractivity contribution in [2.24, 2.45) is 0 Å². The first-order valence-corrected chi connectivity index (χ1v) is 5.13. The minimum atomic E-state index is 0.878. The zero-order valence-electron chi connectivity index (χ0n) is 8.36. The largest absolute Gasteiger partial charge is 0.379 e. The van der Waals surface area contributed by atoms with Gasteiger partial charge in [-0.25, -0.2) is 0 Å². The minimum Gasteiger partial charge on any atom is -0.379 e. The third-order valence-electron chi connectivity index (χ3n) is 2.49. The Balaban J connectivity index is 1.76. The molecule has 1 aromatic carbocycles. The fraction of sp³-hybridized carbons (Fsp3) is 0.417. The summed E-state index contributed by atoms with van der Waals surface area (Å²) >= 11 is 0. The summed E-state index contributed by atoms with van der Waals surface area (Å²) in [5.41, 5.74) is 1.30. The molecule has 2 rings (SSSR count). The summed E-state index contributed by atoms with van der Waals surface area (Å²) in [6.45, 7) is 4.91. The van der Waals surface area contributed by atoms with Crippen LogP contribution in [0.1, 0.15) is 5.56 Å². The van der Waals surface area contributed by atoms with Crippen molar-refractivity contribution in [1.29, 1.82) is 0 Å². The van der Waals surface area contributed by atoms with Crippen LogP contribution in [0.2, 0.25) is 0 Å². The summed E-state index contributed by atoms with van der Waals surface area (Å²) in [7, 11) is 0. The van der Waals surface area contributed by atoms with Gasteiger partial charge in [0.15, 0.2) is 0 Å². The van der Waals surface area contributed by atoms with E-state index < -0.39 is 0 Å².